The van der Waals surface area contributed by atoms with Crippen molar-refractivity contribution in [2.24, 2.45) is 0 Å². The Kier molecular flexibility index (Phi) is 47.5. The number of rotatable bonds is 0. The smallest absolute Gasteiger partial charge is 0.385 e. The molecule has 17 heavy (non-hydrogen) atoms. The molecule has 0 saturated carbocycles. The first-order chi connectivity index (χ1) is 6.93. The predicted molar refractivity (Wildman–Crippen MR) is 59.8 cm³/mol. The molecule has 0 nitrogen and oxygen atoms in total. The van der Waals surface area contributed by atoms with E-state index in [2.05, 4.69) is 34.3 Å². The van der Waals surface area contributed by atoms with Gasteiger partial charge in [0, 0.05) is 0 Å². The van der Waals surface area contributed by atoms with Crippen LogP contribution in [0, 0.1) is 13.4 Å². The van der Waals surface area contributed by atoms with E-state index >= 15 is 0 Å². The molecule has 0 saturated heterocycles. The van der Waals surface area contributed by atoms with Crippen LogP contribution in [0.4, 0.5) is 26.3 Å². The fourth-order valence-electron chi connectivity index (χ4n) is 0. The third-order valence-electron chi connectivity index (χ3n) is 0. The molecule has 0 bridgehead atoms. The summed E-state index contributed by atoms with van der Waals surface area (Å²) in [6, 6.07) is 0. The molecular weight excluding hydrogens is 555 g/mol. The quantitative estimate of drug-likeness (QED) is 0.207. The van der Waals surface area contributed by atoms with E-state index in [1.54, 1.807) is 0 Å². The van der Waals surface area contributed by atoms with Crippen LogP contribution in [-0.4, -0.2) is 29.3 Å². The Bertz CT molecular complexity index is 71.0. The maximum absolute atomic E-state index is 9.58. The first-order valence-corrected chi connectivity index (χ1v) is 15.1. The predicted octanol–water partition coefficient (Wildman–Crippen LogP) is 5.42. The first kappa shape index (κ1) is 31.0. The van der Waals surface area contributed by atoms with Gasteiger partial charge in [0.2, 0.25) is 0 Å². The third-order valence-corrected chi connectivity index (χ3v) is 0. The second kappa shape index (κ2) is 26.1. The zero-order chi connectivity index (χ0) is 14.3. The summed E-state index contributed by atoms with van der Waals surface area (Å²) in [4.78, 5) is 0. The summed E-state index contributed by atoms with van der Waals surface area (Å²) < 4.78 is 57.5. The molecule has 0 aromatic heterocycles. The van der Waals surface area contributed by atoms with Crippen molar-refractivity contribution in [1.82, 2.24) is 0 Å². The minimum atomic E-state index is -3.08. The van der Waals surface area contributed by atoms with Crippen molar-refractivity contribution in [3.63, 3.8) is 0 Å². The Morgan fingerprint density at radius 2 is 0.529 bits per heavy atom. The molecule has 0 aromatic rings. The van der Waals surface area contributed by atoms with E-state index in [4.69, 9.17) is 0 Å². The van der Waals surface area contributed by atoms with E-state index in [9.17, 15) is 26.3 Å². The maximum Gasteiger partial charge on any atom is 2.00 e. The second-order valence-corrected chi connectivity index (χ2v) is 14.4. The van der Waals surface area contributed by atoms with Crippen LogP contribution < -0.4 is 0 Å². The van der Waals surface area contributed by atoms with Gasteiger partial charge in [0.25, 0.3) is 0 Å². The van der Waals surface area contributed by atoms with Crippen LogP contribution in [0.25, 0.3) is 0 Å². The molecule has 0 aliphatic heterocycles. The molecule has 0 N–H and O–H groups in total. The normalized spacial score (nSPS) is 8.47. The monoisotopic (exact) mass is 573 g/mol. The standard InChI is InChI=1S/2C3H9As.2CF3.Pt/c2*1-4(2)3;2*2-1(3)4;/h2*1-3H3;;;/q;;2*-1;+2. The Morgan fingerprint density at radius 1 is 0.529 bits per heavy atom. The third kappa shape index (κ3) is 2140. The molecule has 0 amide bonds. The van der Waals surface area contributed by atoms with Crippen molar-refractivity contribution < 1.29 is 47.4 Å². The minimum Gasteiger partial charge on any atom is -0.385 e. The summed E-state index contributed by atoms with van der Waals surface area (Å²) in [6.07, 6.45) is 0. The fourth-order valence-corrected chi connectivity index (χ4v) is 0. The van der Waals surface area contributed by atoms with Crippen molar-refractivity contribution in [2.45, 2.75) is 34.3 Å². The second-order valence-electron chi connectivity index (χ2n) is 3.11. The van der Waals surface area contributed by atoms with E-state index in [-0.39, 0.29) is 50.4 Å². The first-order valence-electron chi connectivity index (χ1n) is 3.82. The summed E-state index contributed by atoms with van der Waals surface area (Å²) in [5.74, 6) is 0. The minimum absolute atomic E-state index is 0. The Morgan fingerprint density at radius 3 is 0.529 bits per heavy atom. The van der Waals surface area contributed by atoms with Gasteiger partial charge in [-0.2, -0.15) is 0 Å². The average Bonchev–Trinajstić information content (AvgIpc) is 1.76. The van der Waals surface area contributed by atoms with Gasteiger partial charge in [-0.3, -0.25) is 0 Å². The zero-order valence-electron chi connectivity index (χ0n) is 10.5. The van der Waals surface area contributed by atoms with Crippen molar-refractivity contribution in [3.05, 3.63) is 13.4 Å². The molecule has 0 unspecified atom stereocenters. The summed E-state index contributed by atoms with van der Waals surface area (Å²) >= 11 is -0.375. The molecule has 112 valence electrons. The van der Waals surface area contributed by atoms with Crippen molar-refractivity contribution in [3.8, 4) is 0 Å². The topological polar surface area (TPSA) is 0 Å². The molecule has 0 rings (SSSR count). The molecule has 0 spiro atoms. The van der Waals surface area contributed by atoms with E-state index in [1.165, 1.54) is 0 Å². The Labute approximate surface area is 124 Å². The van der Waals surface area contributed by atoms with Crippen LogP contribution in [0.15, 0.2) is 0 Å². The van der Waals surface area contributed by atoms with E-state index in [0.29, 0.717) is 0 Å². The van der Waals surface area contributed by atoms with Gasteiger partial charge in [0.05, 0.1) is 0 Å². The molecule has 0 fully saturated rings. The van der Waals surface area contributed by atoms with Crippen molar-refractivity contribution in [1.29, 1.82) is 0 Å². The van der Waals surface area contributed by atoms with Crippen LogP contribution in [0.2, 0.25) is 34.3 Å². The Balaban J connectivity index is -0.0000000369. The van der Waals surface area contributed by atoms with Crippen molar-refractivity contribution in [2.75, 3.05) is 0 Å². The van der Waals surface area contributed by atoms with Crippen LogP contribution in [0.5, 0.6) is 0 Å². The van der Waals surface area contributed by atoms with Gasteiger partial charge < -0.3 is 26.3 Å². The molecule has 9 heteroatoms. The summed E-state index contributed by atoms with van der Waals surface area (Å²) in [5.41, 5.74) is 13.9. The summed E-state index contributed by atoms with van der Waals surface area (Å²) in [7, 11) is 0. The molecule has 0 heterocycles. The van der Waals surface area contributed by atoms with Crippen LogP contribution in [0.3, 0.4) is 0 Å². The van der Waals surface area contributed by atoms with Gasteiger partial charge in [0.15, 0.2) is 13.4 Å². The summed E-state index contributed by atoms with van der Waals surface area (Å²) in [6.45, 7) is -6.17. The molecule has 0 atom stereocenters. The van der Waals surface area contributed by atoms with E-state index in [0.717, 1.165) is 0 Å². The number of hydrogen-bond acceptors (Lipinski definition) is 0. The van der Waals surface area contributed by atoms with Gasteiger partial charge in [-0.15, -0.1) is 0 Å². The maximum atomic E-state index is 9.58. The fraction of sp³-hybridized carbons (Fsp3) is 0.750. The van der Waals surface area contributed by atoms with E-state index < -0.39 is 13.4 Å². The van der Waals surface area contributed by atoms with Crippen LogP contribution in [0.1, 0.15) is 0 Å². The SMILES string of the molecule is C[As](C)C.C[As](C)C.F[C-](F)F.F[C-](F)F.[Pt+2]. The molecule has 0 aliphatic rings. The van der Waals surface area contributed by atoms with E-state index in [1.807, 2.05) is 0 Å². The molecule has 0 aliphatic carbocycles. The average molecular weight is 573 g/mol. The summed E-state index contributed by atoms with van der Waals surface area (Å²) in [5, 5.41) is 0. The van der Waals surface area contributed by atoms with Crippen molar-refractivity contribution >= 4 is 29.3 Å². The molecule has 0 radical (unpaired) electrons. The van der Waals surface area contributed by atoms with Gasteiger partial charge in [0.1, 0.15) is 0 Å². The van der Waals surface area contributed by atoms with Gasteiger partial charge in [-0.05, 0) is 0 Å². The van der Waals surface area contributed by atoms with Gasteiger partial charge in [-0.25, -0.2) is 0 Å². The van der Waals surface area contributed by atoms with Gasteiger partial charge >= 0.3 is 84.6 Å². The van der Waals surface area contributed by atoms with Crippen LogP contribution in [-0.2, 0) is 21.1 Å². The number of hydrogen-bond donors (Lipinski definition) is 0. The molecule has 0 aromatic carbocycles. The zero-order valence-corrected chi connectivity index (χ0v) is 16.5. The largest absolute Gasteiger partial charge is 2.00 e. The molecular formula is C8H18As2F6Pt. The number of halogens is 6. The van der Waals surface area contributed by atoms with Crippen LogP contribution >= 0.6 is 0 Å². The Hall–Kier alpha value is 1.39. The van der Waals surface area contributed by atoms with Gasteiger partial charge in [-0.1, -0.05) is 0 Å².